The Hall–Kier alpha value is -2.25. The van der Waals surface area contributed by atoms with Gasteiger partial charge in [0.05, 0.1) is 9.46 Å². The van der Waals surface area contributed by atoms with Crippen molar-refractivity contribution in [2.45, 2.75) is 13.5 Å². The van der Waals surface area contributed by atoms with Gasteiger partial charge < -0.3 is 25.7 Å². The number of phenolic OH excluding ortho intramolecular Hbond substituents is 4. The summed E-state index contributed by atoms with van der Waals surface area (Å²) in [6.07, 6.45) is 3.32. The van der Waals surface area contributed by atoms with Crippen LogP contribution in [0.4, 0.5) is 0 Å². The standard InChI is InChI=1S/C17H16BrNO4S/c1-9-13(20)6-11(7-14(9)21)8-19-16(24)3-2-10-4-12(18)17(23)15(22)5-10/h2-7,20-23H,8H2,1H3,(H,19,24)/b3-2+. The fourth-order valence-electron chi connectivity index (χ4n) is 1.96. The molecule has 5 N–H and O–H groups in total. The van der Waals surface area contributed by atoms with Crippen molar-refractivity contribution in [3.05, 3.63) is 51.5 Å². The van der Waals surface area contributed by atoms with Gasteiger partial charge in [0.15, 0.2) is 11.5 Å². The van der Waals surface area contributed by atoms with Crippen LogP contribution in [0, 0.1) is 6.92 Å². The molecule has 0 aliphatic carbocycles. The van der Waals surface area contributed by atoms with Crippen molar-refractivity contribution < 1.29 is 20.4 Å². The lowest BCUT2D eigenvalue weighted by atomic mass is 10.1. The lowest BCUT2D eigenvalue weighted by Crippen LogP contribution is -2.18. The van der Waals surface area contributed by atoms with Crippen LogP contribution in [-0.4, -0.2) is 25.4 Å². The molecule has 7 heteroatoms. The average Bonchev–Trinajstić information content (AvgIpc) is 2.53. The molecule has 0 saturated heterocycles. The van der Waals surface area contributed by atoms with E-state index in [9.17, 15) is 20.4 Å². The number of phenols is 4. The summed E-state index contributed by atoms with van der Waals surface area (Å²) in [5.74, 6) is -0.393. The maximum Gasteiger partial charge on any atom is 0.171 e. The highest BCUT2D eigenvalue weighted by atomic mass is 79.9. The summed E-state index contributed by atoms with van der Waals surface area (Å²) in [5.41, 5.74) is 1.78. The zero-order valence-electron chi connectivity index (χ0n) is 12.7. The second-order valence-corrected chi connectivity index (χ2v) is 6.47. The van der Waals surface area contributed by atoms with E-state index >= 15 is 0 Å². The maximum absolute atomic E-state index is 9.69. The lowest BCUT2D eigenvalue weighted by molar-refractivity contribution is 0.401. The number of rotatable bonds is 4. The van der Waals surface area contributed by atoms with Gasteiger partial charge in [-0.05, 0) is 64.3 Å². The summed E-state index contributed by atoms with van der Waals surface area (Å²) < 4.78 is 0.381. The van der Waals surface area contributed by atoms with E-state index in [1.807, 2.05) is 0 Å². The van der Waals surface area contributed by atoms with Gasteiger partial charge in [-0.1, -0.05) is 18.3 Å². The minimum atomic E-state index is -0.228. The summed E-state index contributed by atoms with van der Waals surface area (Å²) in [6, 6.07) is 6.17. The Morgan fingerprint density at radius 1 is 1.08 bits per heavy atom. The van der Waals surface area contributed by atoms with Crippen molar-refractivity contribution >= 4 is 39.2 Å². The third-order valence-electron chi connectivity index (χ3n) is 3.37. The molecule has 2 aromatic rings. The zero-order valence-corrected chi connectivity index (χ0v) is 15.1. The summed E-state index contributed by atoms with van der Waals surface area (Å²) in [5, 5.41) is 41.4. The van der Waals surface area contributed by atoms with Crippen LogP contribution in [0.2, 0.25) is 0 Å². The Labute approximate surface area is 153 Å². The van der Waals surface area contributed by atoms with Crippen LogP contribution >= 0.6 is 28.1 Å². The highest BCUT2D eigenvalue weighted by Gasteiger charge is 2.06. The molecule has 2 rings (SSSR count). The molecular weight excluding hydrogens is 394 g/mol. The number of nitrogens with one attached hydrogen (secondary N) is 1. The van der Waals surface area contributed by atoms with Gasteiger partial charge >= 0.3 is 0 Å². The van der Waals surface area contributed by atoms with Crippen LogP contribution in [0.5, 0.6) is 23.0 Å². The van der Waals surface area contributed by atoms with E-state index in [-0.39, 0.29) is 23.0 Å². The molecule has 126 valence electrons. The number of halogens is 1. The van der Waals surface area contributed by atoms with E-state index in [0.717, 1.165) is 0 Å². The Bertz CT molecular complexity index is 774. The third-order valence-corrected chi connectivity index (χ3v) is 4.26. The first-order valence-electron chi connectivity index (χ1n) is 6.96. The van der Waals surface area contributed by atoms with Crippen LogP contribution in [-0.2, 0) is 6.54 Å². The van der Waals surface area contributed by atoms with Gasteiger partial charge in [-0.2, -0.15) is 0 Å². The molecule has 0 heterocycles. The molecule has 0 aromatic heterocycles. The van der Waals surface area contributed by atoms with Crippen LogP contribution in [0.25, 0.3) is 6.08 Å². The average molecular weight is 410 g/mol. The first-order chi connectivity index (χ1) is 11.3. The Kier molecular flexibility index (Phi) is 5.69. The van der Waals surface area contributed by atoms with E-state index in [1.54, 1.807) is 37.3 Å². The van der Waals surface area contributed by atoms with Crippen LogP contribution in [0.3, 0.4) is 0 Å². The molecule has 0 fully saturated rings. The molecule has 0 spiro atoms. The quantitative estimate of drug-likeness (QED) is 0.300. The number of benzene rings is 2. The SMILES string of the molecule is Cc1c(O)cc(CNC(=S)/C=C/c2cc(O)c(O)c(Br)c2)cc1O. The van der Waals surface area contributed by atoms with E-state index in [2.05, 4.69) is 21.2 Å². The van der Waals surface area contributed by atoms with Crippen molar-refractivity contribution in [2.75, 3.05) is 0 Å². The van der Waals surface area contributed by atoms with Gasteiger partial charge in [0.2, 0.25) is 0 Å². The van der Waals surface area contributed by atoms with Crippen LogP contribution in [0.1, 0.15) is 16.7 Å². The summed E-state index contributed by atoms with van der Waals surface area (Å²) in [4.78, 5) is 0.443. The number of thiocarbonyl (C=S) groups is 1. The molecule has 0 radical (unpaired) electrons. The Morgan fingerprint density at radius 2 is 1.71 bits per heavy atom. The van der Waals surface area contributed by atoms with Crippen molar-refractivity contribution in [1.29, 1.82) is 0 Å². The molecule has 0 bridgehead atoms. The molecule has 0 unspecified atom stereocenters. The molecule has 0 atom stereocenters. The van der Waals surface area contributed by atoms with Crippen molar-refractivity contribution in [1.82, 2.24) is 5.32 Å². The second kappa shape index (κ2) is 7.55. The monoisotopic (exact) mass is 409 g/mol. The Balaban J connectivity index is 2.01. The fourth-order valence-corrected chi connectivity index (χ4v) is 2.57. The number of hydrogen-bond donors (Lipinski definition) is 5. The van der Waals surface area contributed by atoms with Gasteiger partial charge in [0, 0.05) is 12.1 Å². The van der Waals surface area contributed by atoms with Gasteiger partial charge in [-0.3, -0.25) is 0 Å². The van der Waals surface area contributed by atoms with Crippen molar-refractivity contribution in [3.63, 3.8) is 0 Å². The first kappa shape index (κ1) is 18.1. The molecule has 24 heavy (non-hydrogen) atoms. The predicted octanol–water partition coefficient (Wildman–Crippen LogP) is 3.71. The molecule has 5 nitrogen and oxygen atoms in total. The largest absolute Gasteiger partial charge is 0.508 e. The molecule has 0 amide bonds. The van der Waals surface area contributed by atoms with Crippen LogP contribution in [0.15, 0.2) is 34.8 Å². The molecular formula is C17H16BrNO4S. The van der Waals surface area contributed by atoms with Gasteiger partial charge in [-0.15, -0.1) is 0 Å². The summed E-state index contributed by atoms with van der Waals surface area (Å²) in [6.45, 7) is 1.97. The van der Waals surface area contributed by atoms with Gasteiger partial charge in [0.1, 0.15) is 11.5 Å². The molecule has 0 saturated carbocycles. The van der Waals surface area contributed by atoms with Gasteiger partial charge in [0.25, 0.3) is 0 Å². The lowest BCUT2D eigenvalue weighted by Gasteiger charge is -2.08. The number of aromatic hydroxyl groups is 4. The predicted molar refractivity (Wildman–Crippen MR) is 100 cm³/mol. The van der Waals surface area contributed by atoms with E-state index < -0.39 is 0 Å². The number of hydrogen-bond acceptors (Lipinski definition) is 5. The fraction of sp³-hybridized carbons (Fsp3) is 0.118. The second-order valence-electron chi connectivity index (χ2n) is 5.18. The van der Waals surface area contributed by atoms with Crippen LogP contribution < -0.4 is 5.32 Å². The molecule has 0 aliphatic heterocycles. The highest BCUT2D eigenvalue weighted by molar-refractivity contribution is 9.10. The van der Waals surface area contributed by atoms with E-state index in [0.29, 0.717) is 32.7 Å². The van der Waals surface area contributed by atoms with E-state index in [4.69, 9.17) is 12.2 Å². The molecule has 2 aromatic carbocycles. The third kappa shape index (κ3) is 4.39. The topological polar surface area (TPSA) is 93.0 Å². The minimum Gasteiger partial charge on any atom is -0.508 e. The van der Waals surface area contributed by atoms with E-state index in [1.165, 1.54) is 6.07 Å². The van der Waals surface area contributed by atoms with Crippen molar-refractivity contribution in [2.24, 2.45) is 0 Å². The van der Waals surface area contributed by atoms with Crippen molar-refractivity contribution in [3.8, 4) is 23.0 Å². The first-order valence-corrected chi connectivity index (χ1v) is 8.17. The molecule has 0 aliphatic rings. The maximum atomic E-state index is 9.69. The minimum absolute atomic E-state index is 0.0256. The summed E-state index contributed by atoms with van der Waals surface area (Å²) in [7, 11) is 0. The normalized spacial score (nSPS) is 10.9. The highest BCUT2D eigenvalue weighted by Crippen LogP contribution is 2.34. The van der Waals surface area contributed by atoms with Gasteiger partial charge in [-0.25, -0.2) is 0 Å². The Morgan fingerprint density at radius 3 is 2.29 bits per heavy atom. The smallest absolute Gasteiger partial charge is 0.171 e. The summed E-state index contributed by atoms with van der Waals surface area (Å²) >= 11 is 8.33. The zero-order chi connectivity index (χ0) is 17.9.